The minimum atomic E-state index is 0.0594. The molecule has 0 bridgehead atoms. The maximum atomic E-state index is 4.55. The number of benzene rings is 1. The Labute approximate surface area is 114 Å². The van der Waals surface area contributed by atoms with Crippen molar-refractivity contribution in [1.29, 1.82) is 0 Å². The summed E-state index contributed by atoms with van der Waals surface area (Å²) in [6.45, 7) is 4.73. The fourth-order valence-corrected chi connectivity index (χ4v) is 4.22. The van der Waals surface area contributed by atoms with Crippen molar-refractivity contribution in [2.24, 2.45) is 11.8 Å². The summed E-state index contributed by atoms with van der Waals surface area (Å²) < 4.78 is 9.00. The molecule has 1 saturated carbocycles. The van der Waals surface area contributed by atoms with Gasteiger partial charge >= 0.3 is 114 Å². The zero-order valence-corrected chi connectivity index (χ0v) is 12.6. The third kappa shape index (κ3) is 2.19. The Morgan fingerprint density at radius 1 is 1.17 bits per heavy atom. The summed E-state index contributed by atoms with van der Waals surface area (Å²) in [4.78, 5) is 0. The van der Waals surface area contributed by atoms with Crippen LogP contribution in [0.3, 0.4) is 0 Å². The first-order valence-corrected chi connectivity index (χ1v) is 8.27. The van der Waals surface area contributed by atoms with Crippen molar-refractivity contribution < 1.29 is 0 Å². The quantitative estimate of drug-likeness (QED) is 0.867. The van der Waals surface area contributed by atoms with Crippen LogP contribution in [-0.2, 0) is 0 Å². The Balaban J connectivity index is 1.89. The van der Waals surface area contributed by atoms with E-state index in [4.69, 9.17) is 0 Å². The van der Waals surface area contributed by atoms with Gasteiger partial charge in [-0.25, -0.2) is 0 Å². The monoisotopic (exact) mass is 309 g/mol. The molecular formula is C14H19N3Se. The van der Waals surface area contributed by atoms with E-state index in [9.17, 15) is 0 Å². The Hall–Kier alpha value is -0.861. The van der Waals surface area contributed by atoms with Crippen LogP contribution in [0.1, 0.15) is 33.1 Å². The second-order valence-corrected chi connectivity index (χ2v) is 6.60. The van der Waals surface area contributed by atoms with Crippen LogP contribution in [-0.4, -0.2) is 29.0 Å². The van der Waals surface area contributed by atoms with Crippen LogP contribution in [0.2, 0.25) is 0 Å². The van der Waals surface area contributed by atoms with Crippen molar-refractivity contribution in [3.63, 3.8) is 0 Å². The number of nitrogens with one attached hydrogen (secondary N) is 1. The number of hydrogen-bond acceptors (Lipinski definition) is 3. The van der Waals surface area contributed by atoms with E-state index < -0.39 is 0 Å². The molecule has 1 aromatic carbocycles. The van der Waals surface area contributed by atoms with E-state index in [1.165, 1.54) is 24.9 Å². The summed E-state index contributed by atoms with van der Waals surface area (Å²) >= 11 is 0.0594. The molecular weight excluding hydrogens is 289 g/mol. The van der Waals surface area contributed by atoms with Crippen molar-refractivity contribution in [2.75, 3.05) is 5.32 Å². The Kier molecular flexibility index (Phi) is 3.40. The van der Waals surface area contributed by atoms with E-state index in [0.717, 1.165) is 22.9 Å². The molecule has 18 heavy (non-hydrogen) atoms. The predicted octanol–water partition coefficient (Wildman–Crippen LogP) is 2.92. The Bertz CT molecular complexity index is 527. The van der Waals surface area contributed by atoms with Crippen LogP contribution < -0.4 is 5.32 Å². The topological polar surface area (TPSA) is 37.8 Å². The zero-order valence-electron chi connectivity index (χ0n) is 10.9. The van der Waals surface area contributed by atoms with Crippen molar-refractivity contribution in [3.05, 3.63) is 18.2 Å². The molecule has 1 aliphatic carbocycles. The molecule has 0 aliphatic heterocycles. The molecule has 3 nitrogen and oxygen atoms in total. The Morgan fingerprint density at radius 2 is 1.94 bits per heavy atom. The average molecular weight is 308 g/mol. The molecule has 0 amide bonds. The molecule has 2 aromatic rings. The molecule has 1 aromatic heterocycles. The van der Waals surface area contributed by atoms with Gasteiger partial charge in [0.05, 0.1) is 0 Å². The van der Waals surface area contributed by atoms with Crippen molar-refractivity contribution in [3.8, 4) is 0 Å². The van der Waals surface area contributed by atoms with Crippen LogP contribution in [0.5, 0.6) is 0 Å². The predicted molar refractivity (Wildman–Crippen MR) is 76.1 cm³/mol. The Morgan fingerprint density at radius 3 is 2.72 bits per heavy atom. The van der Waals surface area contributed by atoms with Crippen molar-refractivity contribution >= 4 is 31.7 Å². The van der Waals surface area contributed by atoms with Crippen LogP contribution >= 0.6 is 0 Å². The fourth-order valence-electron chi connectivity index (χ4n) is 3.07. The number of fused-ring (bicyclic) bond motifs is 1. The molecule has 1 aliphatic rings. The van der Waals surface area contributed by atoms with Gasteiger partial charge in [0.25, 0.3) is 0 Å². The van der Waals surface area contributed by atoms with Gasteiger partial charge < -0.3 is 0 Å². The standard InChI is InChI=1S/C14H19N3Se/c1-9-5-3-6-10(2)13(9)15-11-7-4-8-12-14(11)17-18-16-12/h4,7-10,13,15H,3,5-6H2,1-2H3. The van der Waals surface area contributed by atoms with Gasteiger partial charge in [-0.1, -0.05) is 0 Å². The van der Waals surface area contributed by atoms with E-state index in [1.54, 1.807) is 0 Å². The second-order valence-electron chi connectivity index (χ2n) is 5.49. The maximum absolute atomic E-state index is 4.55. The van der Waals surface area contributed by atoms with Gasteiger partial charge in [0.15, 0.2) is 0 Å². The third-order valence-corrected chi connectivity index (χ3v) is 5.29. The molecule has 0 spiro atoms. The number of rotatable bonds is 2. The van der Waals surface area contributed by atoms with Crippen molar-refractivity contribution in [1.82, 2.24) is 7.96 Å². The first kappa shape index (κ1) is 12.2. The van der Waals surface area contributed by atoms with Gasteiger partial charge in [0.1, 0.15) is 0 Å². The molecule has 0 radical (unpaired) electrons. The molecule has 96 valence electrons. The average Bonchev–Trinajstić information content (AvgIpc) is 2.83. The summed E-state index contributed by atoms with van der Waals surface area (Å²) in [7, 11) is 0. The molecule has 4 heteroatoms. The van der Waals surface area contributed by atoms with Gasteiger partial charge in [-0.15, -0.1) is 0 Å². The molecule has 0 saturated heterocycles. The van der Waals surface area contributed by atoms with Crippen molar-refractivity contribution in [2.45, 2.75) is 39.2 Å². The molecule has 2 unspecified atom stereocenters. The van der Waals surface area contributed by atoms with Crippen LogP contribution in [0.25, 0.3) is 11.0 Å². The fraction of sp³-hybridized carbons (Fsp3) is 0.571. The van der Waals surface area contributed by atoms with E-state index in [1.807, 2.05) is 0 Å². The summed E-state index contributed by atoms with van der Waals surface area (Å²) in [5, 5.41) is 3.74. The van der Waals surface area contributed by atoms with Gasteiger partial charge in [0.2, 0.25) is 0 Å². The zero-order chi connectivity index (χ0) is 12.5. The van der Waals surface area contributed by atoms with E-state index >= 15 is 0 Å². The first-order chi connectivity index (χ1) is 8.75. The van der Waals surface area contributed by atoms with Crippen LogP contribution in [0.4, 0.5) is 5.69 Å². The molecule has 1 fully saturated rings. The number of nitrogens with zero attached hydrogens (tertiary/aromatic N) is 2. The first-order valence-electron chi connectivity index (χ1n) is 6.73. The summed E-state index contributed by atoms with van der Waals surface area (Å²) in [6, 6.07) is 6.87. The molecule has 2 atom stereocenters. The van der Waals surface area contributed by atoms with Gasteiger partial charge in [-0.2, -0.15) is 0 Å². The molecule has 1 heterocycles. The minimum absolute atomic E-state index is 0.0594. The van der Waals surface area contributed by atoms with E-state index in [0.29, 0.717) is 6.04 Å². The second kappa shape index (κ2) is 5.02. The van der Waals surface area contributed by atoms with Gasteiger partial charge in [-0.05, 0) is 0 Å². The third-order valence-electron chi connectivity index (χ3n) is 4.15. The summed E-state index contributed by atoms with van der Waals surface area (Å²) in [6.07, 6.45) is 4.04. The van der Waals surface area contributed by atoms with Gasteiger partial charge in [0, 0.05) is 0 Å². The molecule has 3 rings (SSSR count). The number of aromatic nitrogens is 2. The van der Waals surface area contributed by atoms with E-state index in [-0.39, 0.29) is 15.0 Å². The summed E-state index contributed by atoms with van der Waals surface area (Å²) in [5.74, 6) is 1.49. The van der Waals surface area contributed by atoms with Crippen LogP contribution in [0, 0.1) is 11.8 Å². The SMILES string of the molecule is CC1CCCC(C)C1Nc1cccc2n[se]nc12. The van der Waals surface area contributed by atoms with Gasteiger partial charge in [-0.3, -0.25) is 0 Å². The molecule has 1 N–H and O–H groups in total. The number of hydrogen-bond donors (Lipinski definition) is 1. The van der Waals surface area contributed by atoms with E-state index in [2.05, 4.69) is 45.3 Å². The van der Waals surface area contributed by atoms with Crippen LogP contribution in [0.15, 0.2) is 18.2 Å². The number of anilines is 1. The summed E-state index contributed by atoms with van der Waals surface area (Å²) in [5.41, 5.74) is 3.33. The normalized spacial score (nSPS) is 28.4.